The molecule has 1 aromatic carbocycles. The van der Waals surface area contributed by atoms with Crippen LogP contribution in [0.5, 0.6) is 5.75 Å². The summed E-state index contributed by atoms with van der Waals surface area (Å²) in [4.78, 5) is 14.3. The zero-order valence-electron chi connectivity index (χ0n) is 10.2. The van der Waals surface area contributed by atoms with Gasteiger partial charge in [-0.1, -0.05) is 6.42 Å². The third kappa shape index (κ3) is 3.07. The normalized spacial score (nSPS) is 21.4. The highest BCUT2D eigenvalue weighted by Crippen LogP contribution is 2.20. The summed E-state index contributed by atoms with van der Waals surface area (Å²) in [5, 5.41) is 9.18. The Labute approximate surface area is 102 Å². The molecule has 1 fully saturated rings. The molecule has 0 radical (unpaired) electrons. The summed E-state index contributed by atoms with van der Waals surface area (Å²) in [6.07, 6.45) is 4.15. The van der Waals surface area contributed by atoms with Crippen LogP contribution in [0.4, 0.5) is 0 Å². The van der Waals surface area contributed by atoms with Gasteiger partial charge in [-0.05, 0) is 50.7 Å². The fourth-order valence-electron chi connectivity index (χ4n) is 2.38. The lowest BCUT2D eigenvalue weighted by molar-refractivity contribution is 0.0906. The number of rotatable bonds is 3. The number of phenolic OH excluding ortho intramolecular Hbond substituents is 1. The Morgan fingerprint density at radius 3 is 2.71 bits per heavy atom. The van der Waals surface area contributed by atoms with Crippen molar-refractivity contribution in [2.24, 2.45) is 0 Å². The lowest BCUT2D eigenvalue weighted by atomic mass is 9.95. The van der Waals surface area contributed by atoms with Crippen molar-refractivity contribution in [1.29, 1.82) is 0 Å². The summed E-state index contributed by atoms with van der Waals surface area (Å²) < 4.78 is 0. The van der Waals surface area contributed by atoms with E-state index >= 15 is 0 Å². The van der Waals surface area contributed by atoms with Gasteiger partial charge in [-0.2, -0.15) is 0 Å². The first-order chi connectivity index (χ1) is 8.16. The predicted molar refractivity (Wildman–Crippen MR) is 67.3 cm³/mol. The molecule has 0 bridgehead atoms. The fourth-order valence-corrected chi connectivity index (χ4v) is 2.38. The van der Waals surface area contributed by atoms with E-state index in [2.05, 4.69) is 11.9 Å². The van der Waals surface area contributed by atoms with Gasteiger partial charge in [0.15, 0.2) is 5.78 Å². The molecule has 0 amide bonds. The van der Waals surface area contributed by atoms with Gasteiger partial charge in [-0.25, -0.2) is 0 Å². The minimum absolute atomic E-state index is 0.170. The van der Waals surface area contributed by atoms with Crippen molar-refractivity contribution < 1.29 is 9.90 Å². The van der Waals surface area contributed by atoms with Crippen LogP contribution in [0.1, 0.15) is 36.0 Å². The van der Waals surface area contributed by atoms with Crippen LogP contribution in [-0.2, 0) is 0 Å². The van der Waals surface area contributed by atoms with E-state index in [0.29, 0.717) is 18.0 Å². The maximum atomic E-state index is 12.1. The van der Waals surface area contributed by atoms with Crippen LogP contribution in [0.15, 0.2) is 24.3 Å². The first-order valence-electron chi connectivity index (χ1n) is 6.19. The lowest BCUT2D eigenvalue weighted by Gasteiger charge is -2.31. The number of nitrogens with zero attached hydrogens (tertiary/aromatic N) is 1. The largest absolute Gasteiger partial charge is 0.508 e. The van der Waals surface area contributed by atoms with E-state index in [0.717, 1.165) is 13.0 Å². The summed E-state index contributed by atoms with van der Waals surface area (Å²) in [5.74, 6) is 0.375. The molecule has 1 aliphatic heterocycles. The molecule has 0 aliphatic carbocycles. The molecule has 17 heavy (non-hydrogen) atoms. The van der Waals surface area contributed by atoms with E-state index in [4.69, 9.17) is 0 Å². The Balaban J connectivity index is 1.98. The molecule has 1 heterocycles. The van der Waals surface area contributed by atoms with Crippen LogP contribution < -0.4 is 0 Å². The van der Waals surface area contributed by atoms with Gasteiger partial charge >= 0.3 is 0 Å². The summed E-state index contributed by atoms with van der Waals surface area (Å²) >= 11 is 0. The monoisotopic (exact) mass is 233 g/mol. The minimum Gasteiger partial charge on any atom is -0.508 e. The number of phenols is 1. The molecular formula is C14H19NO2. The molecule has 1 aromatic rings. The minimum atomic E-state index is 0.170. The van der Waals surface area contributed by atoms with Crippen LogP contribution in [-0.4, -0.2) is 35.4 Å². The summed E-state index contributed by atoms with van der Waals surface area (Å²) in [7, 11) is 2.09. The number of carbonyl (C=O) groups is 1. The molecular weight excluding hydrogens is 214 g/mol. The van der Waals surface area contributed by atoms with E-state index in [1.807, 2.05) is 0 Å². The molecule has 1 N–H and O–H groups in total. The molecule has 1 atom stereocenters. The van der Waals surface area contributed by atoms with E-state index in [1.54, 1.807) is 24.3 Å². The fraction of sp³-hybridized carbons (Fsp3) is 0.500. The van der Waals surface area contributed by atoms with Gasteiger partial charge in [-0.15, -0.1) is 0 Å². The van der Waals surface area contributed by atoms with Crippen molar-refractivity contribution in [3.8, 4) is 5.75 Å². The van der Waals surface area contributed by atoms with E-state index in [1.165, 1.54) is 12.8 Å². The van der Waals surface area contributed by atoms with E-state index in [9.17, 15) is 9.90 Å². The number of ketones is 1. The molecule has 1 saturated heterocycles. The maximum absolute atomic E-state index is 12.1. The average Bonchev–Trinajstić information content (AvgIpc) is 2.33. The van der Waals surface area contributed by atoms with Crippen LogP contribution in [0, 0.1) is 0 Å². The molecule has 0 saturated carbocycles. The van der Waals surface area contributed by atoms with Crippen molar-refractivity contribution in [2.45, 2.75) is 31.7 Å². The molecule has 92 valence electrons. The number of carbonyl (C=O) groups excluding carboxylic acids is 1. The van der Waals surface area contributed by atoms with Gasteiger partial charge in [-0.3, -0.25) is 4.79 Å². The predicted octanol–water partition coefficient (Wildman–Crippen LogP) is 2.45. The number of hydrogen-bond acceptors (Lipinski definition) is 3. The number of benzene rings is 1. The second-order valence-electron chi connectivity index (χ2n) is 4.80. The van der Waals surface area contributed by atoms with Crippen molar-refractivity contribution >= 4 is 5.78 Å². The van der Waals surface area contributed by atoms with Crippen LogP contribution in [0.25, 0.3) is 0 Å². The second kappa shape index (κ2) is 5.32. The van der Waals surface area contributed by atoms with Crippen LogP contribution in [0.2, 0.25) is 0 Å². The van der Waals surface area contributed by atoms with Gasteiger partial charge in [0.2, 0.25) is 0 Å². The molecule has 0 unspecified atom stereocenters. The Morgan fingerprint density at radius 1 is 1.35 bits per heavy atom. The standard InChI is InChI=1S/C14H19NO2/c1-15-9-3-2-4-12(15)10-14(17)11-5-7-13(16)8-6-11/h5-8,12,16H,2-4,9-10H2,1H3/t12-/m0/s1. The molecule has 0 spiro atoms. The number of aromatic hydroxyl groups is 1. The van der Waals surface area contributed by atoms with E-state index < -0.39 is 0 Å². The van der Waals surface area contributed by atoms with Crippen molar-refractivity contribution in [3.05, 3.63) is 29.8 Å². The number of likely N-dealkylation sites (tertiary alicyclic amines) is 1. The zero-order chi connectivity index (χ0) is 12.3. The lowest BCUT2D eigenvalue weighted by Crippen LogP contribution is -2.37. The van der Waals surface area contributed by atoms with E-state index in [-0.39, 0.29) is 11.5 Å². The highest BCUT2D eigenvalue weighted by molar-refractivity contribution is 5.96. The Kier molecular flexibility index (Phi) is 3.79. The van der Waals surface area contributed by atoms with Crippen LogP contribution in [0.3, 0.4) is 0 Å². The van der Waals surface area contributed by atoms with Gasteiger partial charge < -0.3 is 10.0 Å². The number of Topliss-reactive ketones (excluding diaryl/α,β-unsaturated/α-hetero) is 1. The second-order valence-corrected chi connectivity index (χ2v) is 4.80. The third-order valence-corrected chi connectivity index (χ3v) is 3.53. The number of hydrogen-bond donors (Lipinski definition) is 1. The van der Waals surface area contributed by atoms with Crippen molar-refractivity contribution in [3.63, 3.8) is 0 Å². The first-order valence-corrected chi connectivity index (χ1v) is 6.19. The maximum Gasteiger partial charge on any atom is 0.164 e. The quantitative estimate of drug-likeness (QED) is 0.815. The van der Waals surface area contributed by atoms with Gasteiger partial charge in [0.25, 0.3) is 0 Å². The molecule has 3 heteroatoms. The van der Waals surface area contributed by atoms with Gasteiger partial charge in [0.1, 0.15) is 5.75 Å². The summed E-state index contributed by atoms with van der Waals surface area (Å²) in [6, 6.07) is 6.90. The Morgan fingerprint density at radius 2 is 2.06 bits per heavy atom. The topological polar surface area (TPSA) is 40.5 Å². The average molecular weight is 233 g/mol. The highest BCUT2D eigenvalue weighted by Gasteiger charge is 2.22. The SMILES string of the molecule is CN1CCCC[C@H]1CC(=O)c1ccc(O)cc1. The summed E-state index contributed by atoms with van der Waals surface area (Å²) in [5.41, 5.74) is 0.696. The molecule has 1 aliphatic rings. The summed E-state index contributed by atoms with van der Waals surface area (Å²) in [6.45, 7) is 1.09. The third-order valence-electron chi connectivity index (χ3n) is 3.53. The molecule has 2 rings (SSSR count). The van der Waals surface area contributed by atoms with Crippen molar-refractivity contribution in [1.82, 2.24) is 4.90 Å². The van der Waals surface area contributed by atoms with Crippen molar-refractivity contribution in [2.75, 3.05) is 13.6 Å². The molecule has 3 nitrogen and oxygen atoms in total. The van der Waals surface area contributed by atoms with Gasteiger partial charge in [0, 0.05) is 18.0 Å². The Hall–Kier alpha value is -1.35. The zero-order valence-corrected chi connectivity index (χ0v) is 10.2. The smallest absolute Gasteiger partial charge is 0.164 e. The number of piperidine rings is 1. The first kappa shape index (κ1) is 12.1. The Bertz CT molecular complexity index is 386. The van der Waals surface area contributed by atoms with Crippen LogP contribution >= 0.6 is 0 Å². The molecule has 0 aromatic heterocycles. The highest BCUT2D eigenvalue weighted by atomic mass is 16.3. The van der Waals surface area contributed by atoms with Gasteiger partial charge in [0.05, 0.1) is 0 Å².